The highest BCUT2D eigenvalue weighted by molar-refractivity contribution is 5.71. The zero-order valence-corrected chi connectivity index (χ0v) is 16.1. The smallest absolute Gasteiger partial charge is 0.245 e. The van der Waals surface area contributed by atoms with Crippen LogP contribution in [0.1, 0.15) is 20.3 Å². The summed E-state index contributed by atoms with van der Waals surface area (Å²) in [6.07, 6.45) is 2.70. The first-order chi connectivity index (χ1) is 13.5. The van der Waals surface area contributed by atoms with E-state index in [0.29, 0.717) is 40.7 Å². The molecule has 4 rings (SSSR count). The molecule has 0 saturated carbocycles. The van der Waals surface area contributed by atoms with Crippen LogP contribution in [0, 0.1) is 0 Å². The molecule has 3 heterocycles. The number of rotatable bonds is 5. The van der Waals surface area contributed by atoms with Crippen molar-refractivity contribution >= 4 is 5.95 Å². The molecule has 3 aromatic rings. The standard InChI is InChI=1S/C18H23N9O/c1-11(2)20-13-6-7-27(10-13)18-19-9-15(21-23-18)14-5-4-12(8-16(14)28)17-22-25-26(3)24-17/h4-5,8-9,11,13,20,28H,6-7,10H2,1-3H3/t13-/m0/s1. The fourth-order valence-electron chi connectivity index (χ4n) is 3.37. The van der Waals surface area contributed by atoms with E-state index >= 15 is 0 Å². The predicted octanol–water partition coefficient (Wildman–Crippen LogP) is 1.01. The minimum Gasteiger partial charge on any atom is -0.507 e. The van der Waals surface area contributed by atoms with E-state index in [1.807, 2.05) is 6.07 Å². The van der Waals surface area contributed by atoms with Crippen molar-refractivity contribution in [1.82, 2.24) is 40.7 Å². The molecule has 1 aliphatic rings. The Labute approximate surface area is 162 Å². The maximum Gasteiger partial charge on any atom is 0.245 e. The maximum atomic E-state index is 10.4. The Morgan fingerprint density at radius 2 is 2.07 bits per heavy atom. The van der Waals surface area contributed by atoms with Crippen LogP contribution in [0.5, 0.6) is 5.75 Å². The molecular formula is C18H23N9O. The van der Waals surface area contributed by atoms with Gasteiger partial charge in [-0.05, 0) is 23.8 Å². The summed E-state index contributed by atoms with van der Waals surface area (Å²) in [6.45, 7) is 6.06. The van der Waals surface area contributed by atoms with Gasteiger partial charge in [0.2, 0.25) is 11.8 Å². The Bertz CT molecular complexity index is 954. The van der Waals surface area contributed by atoms with Crippen LogP contribution in [-0.4, -0.2) is 65.7 Å². The van der Waals surface area contributed by atoms with Gasteiger partial charge in [0, 0.05) is 36.3 Å². The first kappa shape index (κ1) is 18.2. The van der Waals surface area contributed by atoms with Gasteiger partial charge in [-0.1, -0.05) is 19.9 Å². The summed E-state index contributed by atoms with van der Waals surface area (Å²) in [4.78, 5) is 7.94. The van der Waals surface area contributed by atoms with Crippen LogP contribution < -0.4 is 10.2 Å². The number of aromatic nitrogens is 7. The largest absolute Gasteiger partial charge is 0.507 e. The average molecular weight is 381 g/mol. The SMILES string of the molecule is CC(C)N[C@H]1CCN(c2ncc(-c3ccc(-c4nnn(C)n4)cc3O)nn2)C1. The van der Waals surface area contributed by atoms with Crippen molar-refractivity contribution < 1.29 is 5.11 Å². The highest BCUT2D eigenvalue weighted by atomic mass is 16.3. The molecule has 28 heavy (non-hydrogen) atoms. The molecule has 146 valence electrons. The van der Waals surface area contributed by atoms with Crippen LogP contribution in [0.25, 0.3) is 22.6 Å². The van der Waals surface area contributed by atoms with Gasteiger partial charge in [0.15, 0.2) is 0 Å². The zero-order chi connectivity index (χ0) is 19.7. The maximum absolute atomic E-state index is 10.4. The topological polar surface area (TPSA) is 118 Å². The molecule has 0 amide bonds. The third-order valence-corrected chi connectivity index (χ3v) is 4.63. The Balaban J connectivity index is 1.50. The first-order valence-electron chi connectivity index (χ1n) is 9.28. The molecule has 10 heteroatoms. The molecule has 2 aromatic heterocycles. The monoisotopic (exact) mass is 381 g/mol. The average Bonchev–Trinajstić information content (AvgIpc) is 3.30. The molecule has 2 N–H and O–H groups in total. The Hall–Kier alpha value is -3.14. The number of benzene rings is 1. The summed E-state index contributed by atoms with van der Waals surface area (Å²) in [6, 6.07) is 6.05. The molecule has 1 aliphatic heterocycles. The van der Waals surface area contributed by atoms with Crippen LogP contribution in [0.4, 0.5) is 5.95 Å². The van der Waals surface area contributed by atoms with E-state index in [4.69, 9.17) is 0 Å². The molecule has 0 spiro atoms. The zero-order valence-electron chi connectivity index (χ0n) is 16.1. The quantitative estimate of drug-likeness (QED) is 0.667. The fraction of sp³-hybridized carbons (Fsp3) is 0.444. The Kier molecular flexibility index (Phi) is 4.86. The fourth-order valence-corrected chi connectivity index (χ4v) is 3.37. The number of nitrogens with one attached hydrogen (secondary N) is 1. The summed E-state index contributed by atoms with van der Waals surface area (Å²) < 4.78 is 0. The van der Waals surface area contributed by atoms with Gasteiger partial charge in [0.1, 0.15) is 11.4 Å². The third-order valence-electron chi connectivity index (χ3n) is 4.63. The number of aromatic hydroxyl groups is 1. The molecule has 1 atom stereocenters. The number of tetrazole rings is 1. The molecule has 0 aliphatic carbocycles. The minimum absolute atomic E-state index is 0.0659. The van der Waals surface area contributed by atoms with E-state index < -0.39 is 0 Å². The number of aryl methyl sites for hydroxylation is 1. The van der Waals surface area contributed by atoms with Gasteiger partial charge < -0.3 is 15.3 Å². The minimum atomic E-state index is 0.0659. The molecule has 0 radical (unpaired) electrons. The summed E-state index contributed by atoms with van der Waals surface area (Å²) in [5.41, 5.74) is 1.74. The van der Waals surface area contributed by atoms with E-state index in [-0.39, 0.29) is 5.75 Å². The molecule has 1 fully saturated rings. The van der Waals surface area contributed by atoms with E-state index in [9.17, 15) is 5.11 Å². The van der Waals surface area contributed by atoms with Crippen LogP contribution in [0.15, 0.2) is 24.4 Å². The van der Waals surface area contributed by atoms with Crippen molar-refractivity contribution in [3.8, 4) is 28.4 Å². The van der Waals surface area contributed by atoms with Crippen molar-refractivity contribution in [1.29, 1.82) is 0 Å². The van der Waals surface area contributed by atoms with Gasteiger partial charge in [0.05, 0.1) is 13.2 Å². The predicted molar refractivity (Wildman–Crippen MR) is 104 cm³/mol. The number of phenolic OH excluding ortho intramolecular Hbond substituents is 1. The van der Waals surface area contributed by atoms with Crippen molar-refractivity contribution in [2.75, 3.05) is 18.0 Å². The number of phenols is 1. The van der Waals surface area contributed by atoms with E-state index in [1.165, 1.54) is 4.80 Å². The number of nitrogens with zero attached hydrogens (tertiary/aromatic N) is 8. The van der Waals surface area contributed by atoms with Crippen LogP contribution >= 0.6 is 0 Å². The summed E-state index contributed by atoms with van der Waals surface area (Å²) in [5, 5.41) is 34.4. The highest BCUT2D eigenvalue weighted by Crippen LogP contribution is 2.31. The van der Waals surface area contributed by atoms with E-state index in [2.05, 4.69) is 54.7 Å². The summed E-state index contributed by atoms with van der Waals surface area (Å²) in [5.74, 6) is 1.12. The molecule has 1 saturated heterocycles. The summed E-state index contributed by atoms with van der Waals surface area (Å²) >= 11 is 0. The second-order valence-corrected chi connectivity index (χ2v) is 7.23. The van der Waals surface area contributed by atoms with Crippen molar-refractivity contribution in [2.24, 2.45) is 7.05 Å². The number of anilines is 1. The van der Waals surface area contributed by atoms with Gasteiger partial charge >= 0.3 is 0 Å². The highest BCUT2D eigenvalue weighted by Gasteiger charge is 2.25. The second-order valence-electron chi connectivity index (χ2n) is 7.23. The molecule has 10 nitrogen and oxygen atoms in total. The lowest BCUT2D eigenvalue weighted by Gasteiger charge is -2.18. The Morgan fingerprint density at radius 3 is 2.71 bits per heavy atom. The number of hydrogen-bond acceptors (Lipinski definition) is 9. The molecular weight excluding hydrogens is 358 g/mol. The lowest BCUT2D eigenvalue weighted by atomic mass is 10.1. The van der Waals surface area contributed by atoms with Gasteiger partial charge in [0.25, 0.3) is 0 Å². The molecule has 0 unspecified atom stereocenters. The van der Waals surface area contributed by atoms with E-state index in [1.54, 1.807) is 25.4 Å². The van der Waals surface area contributed by atoms with Crippen molar-refractivity contribution in [2.45, 2.75) is 32.4 Å². The third kappa shape index (κ3) is 3.77. The lowest BCUT2D eigenvalue weighted by molar-refractivity contribution is 0.477. The van der Waals surface area contributed by atoms with Crippen molar-refractivity contribution in [3.63, 3.8) is 0 Å². The molecule has 0 bridgehead atoms. The van der Waals surface area contributed by atoms with Gasteiger partial charge in [-0.3, -0.25) is 0 Å². The molecule has 1 aromatic carbocycles. The first-order valence-corrected chi connectivity index (χ1v) is 9.28. The normalized spacial score (nSPS) is 16.9. The second kappa shape index (κ2) is 7.47. The van der Waals surface area contributed by atoms with Gasteiger partial charge in [-0.25, -0.2) is 4.98 Å². The van der Waals surface area contributed by atoms with E-state index in [0.717, 1.165) is 19.5 Å². The number of hydrogen-bond donors (Lipinski definition) is 2. The van der Waals surface area contributed by atoms with Gasteiger partial charge in [-0.2, -0.15) is 4.80 Å². The van der Waals surface area contributed by atoms with Crippen molar-refractivity contribution in [3.05, 3.63) is 24.4 Å². The Morgan fingerprint density at radius 1 is 1.21 bits per heavy atom. The van der Waals surface area contributed by atoms with Gasteiger partial charge in [-0.15, -0.1) is 20.4 Å². The summed E-state index contributed by atoms with van der Waals surface area (Å²) in [7, 11) is 1.69. The van der Waals surface area contributed by atoms with Crippen LogP contribution in [-0.2, 0) is 7.05 Å². The van der Waals surface area contributed by atoms with Crippen LogP contribution in [0.3, 0.4) is 0 Å². The van der Waals surface area contributed by atoms with Crippen LogP contribution in [0.2, 0.25) is 0 Å². The lowest BCUT2D eigenvalue weighted by Crippen LogP contribution is -2.37.